The molecule has 0 radical (unpaired) electrons. The van der Waals surface area contributed by atoms with Gasteiger partial charge in [-0.15, -0.1) is 11.3 Å². The summed E-state index contributed by atoms with van der Waals surface area (Å²) in [5.41, 5.74) is 0.382. The quantitative estimate of drug-likeness (QED) is 0.810. The Morgan fingerprint density at radius 2 is 1.96 bits per heavy atom. The number of carbonyl (C=O) groups is 1. The van der Waals surface area contributed by atoms with Crippen molar-refractivity contribution in [2.24, 2.45) is 0 Å². The predicted molar refractivity (Wildman–Crippen MR) is 101 cm³/mol. The van der Waals surface area contributed by atoms with Crippen molar-refractivity contribution >= 4 is 28.6 Å². The Morgan fingerprint density at radius 1 is 1.26 bits per heavy atom. The van der Waals surface area contributed by atoms with Crippen LogP contribution in [0.5, 0.6) is 0 Å². The minimum atomic E-state index is -4.56. The van der Waals surface area contributed by atoms with Crippen LogP contribution in [0, 0.1) is 6.92 Å². The summed E-state index contributed by atoms with van der Waals surface area (Å²) in [4.78, 5) is 15.8. The number of morpholine rings is 1. The number of hydrogen-bond donors (Lipinski definition) is 1. The van der Waals surface area contributed by atoms with Gasteiger partial charge in [0.2, 0.25) is 0 Å². The molecule has 0 aliphatic carbocycles. The monoisotopic (exact) mass is 398 g/mol. The van der Waals surface area contributed by atoms with E-state index in [1.165, 1.54) is 17.4 Å². The van der Waals surface area contributed by atoms with Crippen LogP contribution in [-0.2, 0) is 17.3 Å². The molecule has 27 heavy (non-hydrogen) atoms. The summed E-state index contributed by atoms with van der Waals surface area (Å²) >= 11 is 1.31. The zero-order valence-corrected chi connectivity index (χ0v) is 16.0. The van der Waals surface area contributed by atoms with Crippen molar-refractivity contribution in [2.75, 3.05) is 36.5 Å². The van der Waals surface area contributed by atoms with Crippen molar-refractivity contribution in [3.05, 3.63) is 45.1 Å². The topological polar surface area (TPSA) is 41.6 Å². The molecule has 1 amide bonds. The Morgan fingerprint density at radius 3 is 2.56 bits per heavy atom. The third-order valence-electron chi connectivity index (χ3n) is 4.50. The molecule has 1 aliphatic heterocycles. The van der Waals surface area contributed by atoms with Crippen LogP contribution in [0.15, 0.2) is 24.3 Å². The first-order chi connectivity index (χ1) is 12.8. The molecule has 2 aromatic rings. The van der Waals surface area contributed by atoms with Crippen LogP contribution in [0.25, 0.3) is 0 Å². The average molecular weight is 398 g/mol. The number of thiophene rings is 1. The molecule has 8 heteroatoms. The second kappa shape index (κ2) is 7.90. The molecule has 0 atom stereocenters. The minimum absolute atomic E-state index is 0.228. The van der Waals surface area contributed by atoms with E-state index in [1.54, 1.807) is 12.1 Å². The zero-order chi connectivity index (χ0) is 19.6. The maximum Gasteiger partial charge on any atom is 0.418 e. The van der Waals surface area contributed by atoms with Gasteiger partial charge in [0.25, 0.3) is 5.91 Å². The standard InChI is InChI=1S/C19H21F3N2O2S/c1-3-16-12(2)10-17(27-16)18(25)23-15-5-4-13(11-14(15)19(20,21)22)24-6-8-26-9-7-24/h4-5,10-11H,3,6-9H2,1-2H3,(H,23,25). The summed E-state index contributed by atoms with van der Waals surface area (Å²) in [6.07, 6.45) is -3.78. The van der Waals surface area contributed by atoms with Crippen LogP contribution in [0.1, 0.15) is 32.6 Å². The second-order valence-electron chi connectivity index (χ2n) is 6.35. The van der Waals surface area contributed by atoms with Crippen molar-refractivity contribution in [1.29, 1.82) is 0 Å². The number of anilines is 2. The normalized spacial score (nSPS) is 15.1. The Labute approximate surface area is 159 Å². The van der Waals surface area contributed by atoms with Gasteiger partial charge in [0.05, 0.1) is 29.3 Å². The maximum absolute atomic E-state index is 13.6. The van der Waals surface area contributed by atoms with Gasteiger partial charge in [-0.25, -0.2) is 0 Å². The van der Waals surface area contributed by atoms with E-state index in [1.807, 2.05) is 18.7 Å². The van der Waals surface area contributed by atoms with Gasteiger partial charge in [-0.2, -0.15) is 13.2 Å². The molecule has 146 valence electrons. The number of aryl methyl sites for hydroxylation is 2. The van der Waals surface area contributed by atoms with Crippen LogP contribution in [0.2, 0.25) is 0 Å². The first kappa shape index (κ1) is 19.7. The zero-order valence-electron chi connectivity index (χ0n) is 15.2. The summed E-state index contributed by atoms with van der Waals surface area (Å²) in [6, 6.07) is 5.74. The van der Waals surface area contributed by atoms with Crippen LogP contribution >= 0.6 is 11.3 Å². The highest BCUT2D eigenvalue weighted by Gasteiger charge is 2.35. The van der Waals surface area contributed by atoms with Crippen molar-refractivity contribution in [3.63, 3.8) is 0 Å². The van der Waals surface area contributed by atoms with E-state index in [9.17, 15) is 18.0 Å². The summed E-state index contributed by atoms with van der Waals surface area (Å²) in [5.74, 6) is -0.521. The number of amides is 1. The number of halogens is 3. The van der Waals surface area contributed by atoms with E-state index in [0.717, 1.165) is 22.9 Å². The molecule has 0 saturated carbocycles. The van der Waals surface area contributed by atoms with Crippen LogP contribution in [0.4, 0.5) is 24.5 Å². The first-order valence-corrected chi connectivity index (χ1v) is 9.56. The number of carbonyl (C=O) groups excluding carboxylic acids is 1. The molecule has 2 heterocycles. The molecule has 1 N–H and O–H groups in total. The van der Waals surface area contributed by atoms with Gasteiger partial charge < -0.3 is 15.0 Å². The van der Waals surface area contributed by atoms with E-state index in [0.29, 0.717) is 36.9 Å². The van der Waals surface area contributed by atoms with Gasteiger partial charge in [0, 0.05) is 23.7 Å². The van der Waals surface area contributed by atoms with E-state index in [4.69, 9.17) is 4.74 Å². The molecule has 1 fully saturated rings. The number of ether oxygens (including phenoxy) is 1. The van der Waals surface area contributed by atoms with Crippen molar-refractivity contribution < 1.29 is 22.7 Å². The SMILES string of the molecule is CCc1sc(C(=O)Nc2ccc(N3CCOCC3)cc2C(F)(F)F)cc1C. The number of benzene rings is 1. The van der Waals surface area contributed by atoms with E-state index >= 15 is 0 Å². The second-order valence-corrected chi connectivity index (χ2v) is 7.49. The predicted octanol–water partition coefficient (Wildman–Crippen LogP) is 4.73. The Bertz CT molecular complexity index is 827. The van der Waals surface area contributed by atoms with Gasteiger partial charge in [0.15, 0.2) is 0 Å². The first-order valence-electron chi connectivity index (χ1n) is 8.74. The fourth-order valence-corrected chi connectivity index (χ4v) is 4.07. The third-order valence-corrected chi connectivity index (χ3v) is 5.88. The number of alkyl halides is 3. The van der Waals surface area contributed by atoms with Crippen LogP contribution < -0.4 is 10.2 Å². The molecular formula is C19H21F3N2O2S. The number of rotatable bonds is 4. The highest BCUT2D eigenvalue weighted by molar-refractivity contribution is 7.14. The summed E-state index contributed by atoms with van der Waals surface area (Å²) in [5, 5.41) is 2.44. The Kier molecular flexibility index (Phi) is 5.76. The van der Waals surface area contributed by atoms with Crippen molar-refractivity contribution in [3.8, 4) is 0 Å². The molecule has 3 rings (SSSR count). The molecule has 1 aliphatic rings. The maximum atomic E-state index is 13.6. The number of hydrogen-bond acceptors (Lipinski definition) is 4. The number of nitrogens with one attached hydrogen (secondary N) is 1. The highest BCUT2D eigenvalue weighted by Crippen LogP contribution is 2.38. The average Bonchev–Trinajstić information content (AvgIpc) is 3.03. The third kappa shape index (κ3) is 4.44. The molecular weight excluding hydrogens is 377 g/mol. The van der Waals surface area contributed by atoms with Crippen molar-refractivity contribution in [2.45, 2.75) is 26.4 Å². The van der Waals surface area contributed by atoms with Gasteiger partial charge in [-0.3, -0.25) is 4.79 Å². The lowest BCUT2D eigenvalue weighted by atomic mass is 10.1. The fourth-order valence-electron chi connectivity index (χ4n) is 3.06. The fraction of sp³-hybridized carbons (Fsp3) is 0.421. The highest BCUT2D eigenvalue weighted by atomic mass is 32.1. The summed E-state index contributed by atoms with van der Waals surface area (Å²) in [6.45, 7) is 5.92. The van der Waals surface area contributed by atoms with Gasteiger partial charge >= 0.3 is 6.18 Å². The molecule has 0 spiro atoms. The Balaban J connectivity index is 1.88. The summed E-state index contributed by atoms with van der Waals surface area (Å²) in [7, 11) is 0. The van der Waals surface area contributed by atoms with E-state index < -0.39 is 17.6 Å². The molecule has 1 saturated heterocycles. The van der Waals surface area contributed by atoms with E-state index in [-0.39, 0.29) is 5.69 Å². The van der Waals surface area contributed by atoms with Crippen LogP contribution in [0.3, 0.4) is 0 Å². The largest absolute Gasteiger partial charge is 0.418 e. The Hall–Kier alpha value is -2.06. The summed E-state index contributed by atoms with van der Waals surface area (Å²) < 4.78 is 46.0. The van der Waals surface area contributed by atoms with Gasteiger partial charge in [-0.1, -0.05) is 6.92 Å². The molecule has 4 nitrogen and oxygen atoms in total. The van der Waals surface area contributed by atoms with Crippen LogP contribution in [-0.4, -0.2) is 32.2 Å². The lowest BCUT2D eigenvalue weighted by molar-refractivity contribution is -0.136. The molecule has 0 unspecified atom stereocenters. The van der Waals surface area contributed by atoms with Crippen molar-refractivity contribution in [1.82, 2.24) is 0 Å². The lowest BCUT2D eigenvalue weighted by Crippen LogP contribution is -2.36. The molecule has 1 aromatic heterocycles. The molecule has 1 aromatic carbocycles. The number of nitrogens with zero attached hydrogens (tertiary/aromatic N) is 1. The smallest absolute Gasteiger partial charge is 0.378 e. The van der Waals surface area contributed by atoms with Gasteiger partial charge in [-0.05, 0) is 43.2 Å². The van der Waals surface area contributed by atoms with Gasteiger partial charge in [0.1, 0.15) is 0 Å². The molecule has 0 bridgehead atoms. The minimum Gasteiger partial charge on any atom is -0.378 e. The lowest BCUT2D eigenvalue weighted by Gasteiger charge is -2.29. The van der Waals surface area contributed by atoms with E-state index in [2.05, 4.69) is 5.32 Å².